The standard InChI is InChI=1S/C32H46N2OP2/c1-2-33-32(35)34-24-31(37(29-19-11-5-12-20-29)30-21-13-6-14-22-30)23-26(34)25-36(27-15-7-3-8-16-27)28-17-9-4-10-18-28/h3-4,7-10,15-18,26,29-31H,2,5-6,11-14,19-25H2,1H3,(H,33,35). The van der Waals surface area contributed by atoms with Crippen LogP contribution in [0.5, 0.6) is 0 Å². The molecule has 0 aromatic heterocycles. The monoisotopic (exact) mass is 536 g/mol. The fourth-order valence-electron chi connectivity index (χ4n) is 7.22. The zero-order valence-corrected chi connectivity index (χ0v) is 24.5. The summed E-state index contributed by atoms with van der Waals surface area (Å²) in [6.07, 6.45) is 16.7. The maximum atomic E-state index is 13.5. The predicted molar refractivity (Wildman–Crippen MR) is 163 cm³/mol. The molecule has 3 aliphatic rings. The summed E-state index contributed by atoms with van der Waals surface area (Å²) < 4.78 is 0. The lowest BCUT2D eigenvalue weighted by atomic mass is 9.99. The van der Waals surface area contributed by atoms with Crippen LogP contribution in [0.1, 0.15) is 77.6 Å². The summed E-state index contributed by atoms with van der Waals surface area (Å²) in [7, 11) is -0.538. The largest absolute Gasteiger partial charge is 0.338 e. The van der Waals surface area contributed by atoms with Gasteiger partial charge in [-0.15, -0.1) is 0 Å². The minimum absolute atomic E-state index is 0.0334. The second-order valence-electron chi connectivity index (χ2n) is 11.3. The van der Waals surface area contributed by atoms with E-state index in [4.69, 9.17) is 0 Å². The number of carbonyl (C=O) groups excluding carboxylic acids is 1. The second-order valence-corrected chi connectivity index (χ2v) is 16.7. The third kappa shape index (κ3) is 6.78. The van der Waals surface area contributed by atoms with Crippen LogP contribution in [-0.2, 0) is 0 Å². The summed E-state index contributed by atoms with van der Waals surface area (Å²) in [5.74, 6) is 0. The average molecular weight is 537 g/mol. The number of urea groups is 1. The van der Waals surface area contributed by atoms with Crippen LogP contribution in [0.25, 0.3) is 0 Å². The molecular weight excluding hydrogens is 490 g/mol. The number of benzene rings is 2. The third-order valence-electron chi connectivity index (χ3n) is 8.92. The number of rotatable bonds is 8. The molecule has 2 unspecified atom stereocenters. The highest BCUT2D eigenvalue weighted by Crippen LogP contribution is 2.61. The molecule has 1 N–H and O–H groups in total. The van der Waals surface area contributed by atoms with Crippen LogP contribution in [0, 0.1) is 0 Å². The first-order chi connectivity index (χ1) is 18.2. The molecule has 5 heteroatoms. The number of likely N-dealkylation sites (tertiary alicyclic amines) is 1. The molecule has 37 heavy (non-hydrogen) atoms. The van der Waals surface area contributed by atoms with Crippen LogP contribution in [0.4, 0.5) is 4.79 Å². The molecule has 2 atom stereocenters. The topological polar surface area (TPSA) is 32.3 Å². The smallest absolute Gasteiger partial charge is 0.317 e. The Hall–Kier alpha value is -1.43. The Bertz CT molecular complexity index is 902. The van der Waals surface area contributed by atoms with Gasteiger partial charge in [-0.1, -0.05) is 107 Å². The predicted octanol–water partition coefficient (Wildman–Crippen LogP) is 7.44. The molecule has 0 bridgehead atoms. The Morgan fingerprint density at radius 3 is 1.78 bits per heavy atom. The van der Waals surface area contributed by atoms with E-state index in [1.807, 2.05) is 0 Å². The molecule has 0 spiro atoms. The van der Waals surface area contributed by atoms with Crippen molar-refractivity contribution in [3.8, 4) is 0 Å². The lowest BCUT2D eigenvalue weighted by molar-refractivity contribution is 0.197. The Labute approximate surface area is 227 Å². The first-order valence-corrected chi connectivity index (χ1v) is 18.0. The first-order valence-electron chi connectivity index (χ1n) is 14.9. The number of nitrogens with zero attached hydrogens (tertiary/aromatic N) is 1. The van der Waals surface area contributed by atoms with E-state index >= 15 is 0 Å². The Morgan fingerprint density at radius 2 is 1.30 bits per heavy atom. The molecule has 200 valence electrons. The Kier molecular flexibility index (Phi) is 9.96. The molecule has 2 aromatic carbocycles. The van der Waals surface area contributed by atoms with Gasteiger partial charge in [0.1, 0.15) is 0 Å². The van der Waals surface area contributed by atoms with Gasteiger partial charge in [-0.25, -0.2) is 4.79 Å². The number of hydrogen-bond donors (Lipinski definition) is 1. The van der Waals surface area contributed by atoms with Crippen molar-refractivity contribution in [2.24, 2.45) is 0 Å². The van der Waals surface area contributed by atoms with Crippen LogP contribution >= 0.6 is 15.8 Å². The first kappa shape index (κ1) is 27.1. The van der Waals surface area contributed by atoms with Gasteiger partial charge in [0.15, 0.2) is 0 Å². The highest BCUT2D eigenvalue weighted by molar-refractivity contribution is 7.73. The summed E-state index contributed by atoms with van der Waals surface area (Å²) in [5, 5.41) is 6.06. The maximum absolute atomic E-state index is 13.5. The molecule has 2 aliphatic carbocycles. The summed E-state index contributed by atoms with van der Waals surface area (Å²) in [6.45, 7) is 3.75. The molecule has 1 aliphatic heterocycles. The van der Waals surface area contributed by atoms with Gasteiger partial charge in [0, 0.05) is 19.1 Å². The molecule has 2 aromatic rings. The maximum Gasteiger partial charge on any atom is 0.317 e. The summed E-state index contributed by atoms with van der Waals surface area (Å²) in [5.41, 5.74) is 2.60. The number of amides is 2. The molecule has 2 amide bonds. The van der Waals surface area contributed by atoms with Gasteiger partial charge in [0.25, 0.3) is 0 Å². The zero-order valence-electron chi connectivity index (χ0n) is 22.7. The SMILES string of the molecule is CCNC(=O)N1CC(P(C2CCCCC2)C2CCCCC2)CC1CP(c1ccccc1)c1ccccc1. The van der Waals surface area contributed by atoms with E-state index < -0.39 is 7.92 Å². The van der Waals surface area contributed by atoms with E-state index in [0.29, 0.717) is 12.6 Å². The molecule has 2 saturated carbocycles. The van der Waals surface area contributed by atoms with Gasteiger partial charge >= 0.3 is 6.03 Å². The molecule has 1 heterocycles. The van der Waals surface area contributed by atoms with Crippen LogP contribution in [-0.4, -0.2) is 53.2 Å². The van der Waals surface area contributed by atoms with E-state index in [2.05, 4.69) is 77.8 Å². The van der Waals surface area contributed by atoms with Crippen molar-refractivity contribution >= 4 is 32.5 Å². The number of hydrogen-bond acceptors (Lipinski definition) is 1. The van der Waals surface area contributed by atoms with Crippen molar-refractivity contribution in [2.75, 3.05) is 19.3 Å². The Morgan fingerprint density at radius 1 is 0.784 bits per heavy atom. The normalized spacial score (nSPS) is 23.6. The van der Waals surface area contributed by atoms with Gasteiger partial charge < -0.3 is 10.2 Å². The minimum Gasteiger partial charge on any atom is -0.338 e. The van der Waals surface area contributed by atoms with E-state index in [0.717, 1.165) is 29.7 Å². The van der Waals surface area contributed by atoms with E-state index in [9.17, 15) is 4.79 Å². The van der Waals surface area contributed by atoms with Crippen LogP contribution in [0.3, 0.4) is 0 Å². The highest BCUT2D eigenvalue weighted by Gasteiger charge is 2.44. The third-order valence-corrected chi connectivity index (χ3v) is 15.5. The van der Waals surface area contributed by atoms with Gasteiger partial charge in [-0.2, -0.15) is 0 Å². The van der Waals surface area contributed by atoms with Crippen molar-refractivity contribution in [3.05, 3.63) is 60.7 Å². The van der Waals surface area contributed by atoms with Crippen LogP contribution in [0.15, 0.2) is 60.7 Å². The Balaban J connectivity index is 1.43. The van der Waals surface area contributed by atoms with Crippen LogP contribution < -0.4 is 15.9 Å². The van der Waals surface area contributed by atoms with E-state index in [1.54, 1.807) is 0 Å². The van der Waals surface area contributed by atoms with Gasteiger partial charge in [0.05, 0.1) is 0 Å². The van der Waals surface area contributed by atoms with Crippen molar-refractivity contribution in [3.63, 3.8) is 0 Å². The molecular formula is C32H46N2OP2. The molecule has 5 rings (SSSR count). The molecule has 1 saturated heterocycles. The molecule has 0 radical (unpaired) electrons. The van der Waals surface area contributed by atoms with Gasteiger partial charge in [-0.05, 0) is 80.7 Å². The van der Waals surface area contributed by atoms with Crippen LogP contribution in [0.2, 0.25) is 0 Å². The molecule has 3 nitrogen and oxygen atoms in total. The quantitative estimate of drug-likeness (QED) is 0.350. The fraction of sp³-hybridized carbons (Fsp3) is 0.594. The van der Waals surface area contributed by atoms with Gasteiger partial charge in [0.2, 0.25) is 0 Å². The lowest BCUT2D eigenvalue weighted by Gasteiger charge is -2.42. The summed E-state index contributed by atoms with van der Waals surface area (Å²) in [4.78, 5) is 15.7. The van der Waals surface area contributed by atoms with E-state index in [1.165, 1.54) is 81.2 Å². The van der Waals surface area contributed by atoms with Crippen molar-refractivity contribution in [1.82, 2.24) is 10.2 Å². The average Bonchev–Trinajstić information content (AvgIpc) is 3.37. The fourth-order valence-corrected chi connectivity index (χ4v) is 14.3. The summed E-state index contributed by atoms with van der Waals surface area (Å²) in [6, 6.07) is 22.7. The number of nitrogens with one attached hydrogen (secondary N) is 1. The number of carbonyl (C=O) groups is 1. The molecule has 3 fully saturated rings. The summed E-state index contributed by atoms with van der Waals surface area (Å²) >= 11 is 0. The van der Waals surface area contributed by atoms with Gasteiger partial charge in [-0.3, -0.25) is 0 Å². The van der Waals surface area contributed by atoms with Crippen molar-refractivity contribution < 1.29 is 4.79 Å². The zero-order chi connectivity index (χ0) is 25.5. The highest BCUT2D eigenvalue weighted by atomic mass is 31.1. The van der Waals surface area contributed by atoms with Crippen molar-refractivity contribution in [2.45, 2.75) is 101 Å². The van der Waals surface area contributed by atoms with Crippen molar-refractivity contribution in [1.29, 1.82) is 0 Å². The lowest BCUT2D eigenvalue weighted by Crippen LogP contribution is -2.44. The van der Waals surface area contributed by atoms with E-state index in [-0.39, 0.29) is 14.0 Å². The minimum atomic E-state index is -0.504. The second kappa shape index (κ2) is 13.6.